The van der Waals surface area contributed by atoms with Crippen LogP contribution in [0.2, 0.25) is 0 Å². The number of nitrogens with two attached hydrogens (primary N) is 1. The molecule has 2 N–H and O–H groups in total. The molecule has 1 aliphatic heterocycles. The number of anilines is 3. The smallest absolute Gasteiger partial charge is 0.365 e. The maximum absolute atomic E-state index is 15.1. The van der Waals surface area contributed by atoms with Gasteiger partial charge in [-0.3, -0.25) is 9.48 Å². The number of primary amides is 1. The molecule has 3 heterocycles. The SMILES string of the molecule is CN1CCN(c2ccc(F)c(N(OC(F)F)c3ncc4c(n3)-c3c(c(C(N)=O)nn3CCF)CC4)c2)CC1. The lowest BCUT2D eigenvalue weighted by Gasteiger charge is -2.34. The number of carbonyl (C=O) groups is 1. The Morgan fingerprint density at radius 2 is 1.97 bits per heavy atom. The van der Waals surface area contributed by atoms with Crippen LogP contribution in [0.3, 0.4) is 0 Å². The molecule has 1 aromatic carbocycles. The number of hydrogen-bond acceptors (Lipinski definition) is 8. The van der Waals surface area contributed by atoms with E-state index in [1.54, 1.807) is 6.07 Å². The van der Waals surface area contributed by atoms with Gasteiger partial charge in [0.05, 0.1) is 17.9 Å². The molecule has 0 spiro atoms. The molecular weight excluding hydrogens is 508 g/mol. The molecule has 3 aromatic rings. The van der Waals surface area contributed by atoms with Crippen molar-refractivity contribution in [3.63, 3.8) is 0 Å². The maximum Gasteiger partial charge on any atom is 0.365 e. The number of piperazine rings is 1. The minimum atomic E-state index is -3.31. The summed E-state index contributed by atoms with van der Waals surface area (Å²) in [4.78, 5) is 29.5. The van der Waals surface area contributed by atoms with Gasteiger partial charge in [0.15, 0.2) is 5.69 Å². The predicted octanol–water partition coefficient (Wildman–Crippen LogP) is 2.69. The molecule has 10 nitrogen and oxygen atoms in total. The van der Waals surface area contributed by atoms with Crippen LogP contribution in [0.5, 0.6) is 0 Å². The lowest BCUT2D eigenvalue weighted by Crippen LogP contribution is -2.44. The van der Waals surface area contributed by atoms with Crippen molar-refractivity contribution < 1.29 is 27.2 Å². The van der Waals surface area contributed by atoms with E-state index >= 15 is 4.39 Å². The number of hydrogen-bond donors (Lipinski definition) is 1. The number of amides is 1. The van der Waals surface area contributed by atoms with Gasteiger partial charge in [0.25, 0.3) is 11.9 Å². The summed E-state index contributed by atoms with van der Waals surface area (Å²) in [7, 11) is 2.00. The Kier molecular flexibility index (Phi) is 7.17. The first-order valence-corrected chi connectivity index (χ1v) is 12.1. The molecule has 0 unspecified atom stereocenters. The fraction of sp³-hybridized carbons (Fsp3) is 0.417. The van der Waals surface area contributed by atoms with E-state index < -0.39 is 25.0 Å². The Morgan fingerprint density at radius 1 is 1.21 bits per heavy atom. The zero-order chi connectivity index (χ0) is 27.0. The molecule has 1 saturated heterocycles. The molecule has 2 aliphatic rings. The van der Waals surface area contributed by atoms with Gasteiger partial charge < -0.3 is 15.5 Å². The van der Waals surface area contributed by atoms with E-state index in [4.69, 9.17) is 10.6 Å². The maximum atomic E-state index is 15.1. The van der Waals surface area contributed by atoms with Gasteiger partial charge in [-0.25, -0.2) is 18.7 Å². The molecule has 0 bridgehead atoms. The van der Waals surface area contributed by atoms with Crippen molar-refractivity contribution in [2.45, 2.75) is 26.0 Å². The van der Waals surface area contributed by atoms with E-state index in [0.717, 1.165) is 13.1 Å². The van der Waals surface area contributed by atoms with Crippen LogP contribution in [-0.2, 0) is 24.2 Å². The quantitative estimate of drug-likeness (QED) is 0.348. The second-order valence-electron chi connectivity index (χ2n) is 9.08. The number of likely N-dealkylation sites (N-methyl/N-ethyl adjacent to an activating group) is 1. The van der Waals surface area contributed by atoms with Crippen LogP contribution >= 0.6 is 0 Å². The Morgan fingerprint density at radius 3 is 2.66 bits per heavy atom. The number of alkyl halides is 3. The molecule has 0 atom stereocenters. The largest absolute Gasteiger partial charge is 0.369 e. The van der Waals surface area contributed by atoms with Gasteiger partial charge in [0.2, 0.25) is 0 Å². The topological polar surface area (TPSA) is 106 Å². The molecule has 14 heteroatoms. The Bertz CT molecular complexity index is 1340. The third kappa shape index (κ3) is 4.88. The highest BCUT2D eigenvalue weighted by Gasteiger charge is 2.31. The number of fused-ring (bicyclic) bond motifs is 3. The van der Waals surface area contributed by atoms with Crippen LogP contribution in [0.1, 0.15) is 21.6 Å². The van der Waals surface area contributed by atoms with Gasteiger partial charge in [0.1, 0.15) is 18.2 Å². The van der Waals surface area contributed by atoms with Gasteiger partial charge in [-0.1, -0.05) is 0 Å². The summed E-state index contributed by atoms with van der Waals surface area (Å²) in [5.41, 5.74) is 7.49. The van der Waals surface area contributed by atoms with Gasteiger partial charge >= 0.3 is 6.61 Å². The van der Waals surface area contributed by atoms with Crippen LogP contribution in [0.4, 0.5) is 34.9 Å². The second kappa shape index (κ2) is 10.5. The highest BCUT2D eigenvalue weighted by Crippen LogP contribution is 2.37. The number of rotatable bonds is 8. The van der Waals surface area contributed by atoms with Crippen molar-refractivity contribution in [1.82, 2.24) is 24.6 Å². The van der Waals surface area contributed by atoms with Crippen molar-refractivity contribution in [2.75, 3.05) is 49.9 Å². The zero-order valence-electron chi connectivity index (χ0n) is 20.6. The fourth-order valence-electron chi connectivity index (χ4n) is 4.79. The monoisotopic (exact) mass is 534 g/mol. The number of aryl methyl sites for hydroxylation is 2. The molecule has 0 radical (unpaired) electrons. The van der Waals surface area contributed by atoms with Gasteiger partial charge in [-0.2, -0.15) is 23.8 Å². The number of aromatic nitrogens is 4. The average Bonchev–Trinajstić information content (AvgIpc) is 3.27. The highest BCUT2D eigenvalue weighted by molar-refractivity contribution is 5.94. The lowest BCUT2D eigenvalue weighted by atomic mass is 9.93. The number of halogens is 4. The summed E-state index contributed by atoms with van der Waals surface area (Å²) in [5, 5.41) is 4.71. The van der Waals surface area contributed by atoms with Crippen LogP contribution in [0.15, 0.2) is 24.4 Å². The molecule has 1 fully saturated rings. The van der Waals surface area contributed by atoms with E-state index in [1.807, 2.05) is 11.9 Å². The summed E-state index contributed by atoms with van der Waals surface area (Å²) in [5.74, 6) is -1.95. The van der Waals surface area contributed by atoms with Gasteiger partial charge in [-0.15, -0.1) is 0 Å². The molecule has 38 heavy (non-hydrogen) atoms. The van der Waals surface area contributed by atoms with Crippen molar-refractivity contribution in [2.24, 2.45) is 5.73 Å². The zero-order valence-corrected chi connectivity index (χ0v) is 20.6. The van der Waals surface area contributed by atoms with Crippen molar-refractivity contribution >= 4 is 23.2 Å². The molecule has 202 valence electrons. The Hall–Kier alpha value is -3.78. The molecule has 0 saturated carbocycles. The normalized spacial score (nSPS) is 15.5. The highest BCUT2D eigenvalue weighted by atomic mass is 19.3. The Balaban J connectivity index is 1.59. The molecule has 1 aliphatic carbocycles. The van der Waals surface area contributed by atoms with E-state index in [9.17, 15) is 18.0 Å². The molecule has 1 amide bonds. The Labute approximate surface area is 215 Å². The first-order chi connectivity index (χ1) is 18.3. The average molecular weight is 535 g/mol. The third-order valence-corrected chi connectivity index (χ3v) is 6.68. The summed E-state index contributed by atoms with van der Waals surface area (Å²) >= 11 is 0. The molecular formula is C24H26F4N8O2. The second-order valence-corrected chi connectivity index (χ2v) is 9.08. The minimum Gasteiger partial charge on any atom is -0.369 e. The first-order valence-electron chi connectivity index (χ1n) is 12.1. The van der Waals surface area contributed by atoms with Crippen molar-refractivity contribution in [3.8, 4) is 11.4 Å². The van der Waals surface area contributed by atoms with Gasteiger partial charge in [0, 0.05) is 43.6 Å². The fourth-order valence-corrected chi connectivity index (χ4v) is 4.79. The summed E-state index contributed by atoms with van der Waals surface area (Å²) < 4.78 is 56.7. The van der Waals surface area contributed by atoms with Crippen LogP contribution in [0, 0.1) is 5.82 Å². The lowest BCUT2D eigenvalue weighted by molar-refractivity contribution is -0.130. The number of carbonyl (C=O) groups excluding carboxylic acids is 1. The third-order valence-electron chi connectivity index (χ3n) is 6.68. The summed E-state index contributed by atoms with van der Waals surface area (Å²) in [6.45, 7) is -1.32. The molecule has 2 aromatic heterocycles. The number of nitrogens with zero attached hydrogens (tertiary/aromatic N) is 7. The van der Waals surface area contributed by atoms with E-state index in [1.165, 1.54) is 23.0 Å². The summed E-state index contributed by atoms with van der Waals surface area (Å²) in [6.07, 6.45) is 2.21. The van der Waals surface area contributed by atoms with E-state index in [0.29, 0.717) is 53.5 Å². The molecule has 5 rings (SSSR count). The van der Waals surface area contributed by atoms with E-state index in [-0.39, 0.29) is 29.6 Å². The van der Waals surface area contributed by atoms with Crippen molar-refractivity contribution in [1.29, 1.82) is 0 Å². The predicted molar refractivity (Wildman–Crippen MR) is 130 cm³/mol. The standard InChI is InChI=1S/C24H26F4N8O2/c1-33-8-10-34(11-9-33)15-3-5-17(26)18(12-15)36(38-23(27)28)24-30-13-14-2-4-16-20(22(29)37)32-35(7-6-25)21(16)19(14)31-24/h3,5,12-13,23H,2,4,6-11H2,1H3,(H2,29,37). The first kappa shape index (κ1) is 25.9. The summed E-state index contributed by atoms with van der Waals surface area (Å²) in [6, 6.07) is 4.16. The van der Waals surface area contributed by atoms with Gasteiger partial charge in [-0.05, 0) is 43.7 Å². The van der Waals surface area contributed by atoms with Crippen molar-refractivity contribution in [3.05, 3.63) is 47.0 Å². The van der Waals surface area contributed by atoms with Crippen LogP contribution in [-0.4, -0.2) is 77.1 Å². The van der Waals surface area contributed by atoms with Crippen LogP contribution < -0.4 is 15.7 Å². The van der Waals surface area contributed by atoms with Crippen LogP contribution in [0.25, 0.3) is 11.4 Å². The number of benzene rings is 1. The van der Waals surface area contributed by atoms with E-state index in [2.05, 4.69) is 20.0 Å². The minimum absolute atomic E-state index is 0.00845.